The van der Waals surface area contributed by atoms with Gasteiger partial charge in [0.1, 0.15) is 0 Å². The molecule has 0 fully saturated rings. The number of nitrogens with zero attached hydrogens (tertiary/aromatic N) is 2. The van der Waals surface area contributed by atoms with Crippen molar-refractivity contribution in [2.24, 2.45) is 11.7 Å². The van der Waals surface area contributed by atoms with Gasteiger partial charge in [0, 0.05) is 17.2 Å². The fourth-order valence-corrected chi connectivity index (χ4v) is 4.86. The van der Waals surface area contributed by atoms with Crippen LogP contribution in [0.25, 0.3) is 0 Å². The van der Waals surface area contributed by atoms with E-state index in [0.717, 1.165) is 0 Å². The Hall–Kier alpha value is -1.91. The minimum atomic E-state index is -0.416. The maximum Gasteiger partial charge on any atom is 0.227 e. The van der Waals surface area contributed by atoms with Crippen molar-refractivity contribution in [3.8, 4) is 0 Å². The molecule has 0 saturated carbocycles. The molecule has 1 unspecified atom stereocenters. The smallest absolute Gasteiger partial charge is 0.227 e. The summed E-state index contributed by atoms with van der Waals surface area (Å²) in [5, 5.41) is 10.5. The van der Waals surface area contributed by atoms with E-state index >= 15 is 0 Å². The van der Waals surface area contributed by atoms with Gasteiger partial charge in [0.15, 0.2) is 14.5 Å². The lowest BCUT2D eigenvalue weighted by Gasteiger charge is -2.10. The molecule has 10 heteroatoms. The monoisotopic (exact) mass is 424 g/mol. The number of Topliss-reactive ketones (excluding diaryl/α,β-unsaturated/α-hetero) is 1. The molecule has 0 spiro atoms. The van der Waals surface area contributed by atoms with Crippen LogP contribution in [0, 0.1) is 5.92 Å². The minimum absolute atomic E-state index is 0.0386. The first-order valence-corrected chi connectivity index (χ1v) is 10.8. The van der Waals surface area contributed by atoms with Crippen LogP contribution in [0.5, 0.6) is 0 Å². The number of nitrogens with two attached hydrogens (primary N) is 1. The number of carbonyl (C=O) groups excluding carboxylic acids is 3. The molecule has 3 N–H and O–H groups in total. The molecule has 0 aliphatic carbocycles. The number of thioether (sulfide) groups is 2. The Morgan fingerprint density at radius 2 is 1.74 bits per heavy atom. The predicted molar refractivity (Wildman–Crippen MR) is 109 cm³/mol. The average molecular weight is 425 g/mol. The van der Waals surface area contributed by atoms with Crippen LogP contribution in [-0.4, -0.2) is 38.8 Å². The van der Waals surface area contributed by atoms with Crippen LogP contribution in [0.4, 0.5) is 5.69 Å². The first-order valence-electron chi connectivity index (χ1n) is 8.12. The van der Waals surface area contributed by atoms with Crippen molar-refractivity contribution in [2.45, 2.75) is 34.7 Å². The van der Waals surface area contributed by atoms with Gasteiger partial charge in [-0.3, -0.25) is 14.4 Å². The van der Waals surface area contributed by atoms with E-state index in [1.54, 1.807) is 31.2 Å². The number of carbonyl (C=O) groups is 3. The van der Waals surface area contributed by atoms with Crippen molar-refractivity contribution in [1.29, 1.82) is 0 Å². The summed E-state index contributed by atoms with van der Waals surface area (Å²) < 4.78 is 1.30. The molecule has 2 rings (SSSR count). The molecule has 1 atom stereocenters. The molecule has 144 valence electrons. The number of anilines is 1. The van der Waals surface area contributed by atoms with Crippen molar-refractivity contribution in [2.75, 3.05) is 11.1 Å². The van der Waals surface area contributed by atoms with E-state index < -0.39 is 5.91 Å². The van der Waals surface area contributed by atoms with Gasteiger partial charge >= 0.3 is 0 Å². The highest BCUT2D eigenvalue weighted by Gasteiger charge is 2.19. The summed E-state index contributed by atoms with van der Waals surface area (Å²) in [7, 11) is 0. The number of ketones is 1. The predicted octanol–water partition coefficient (Wildman–Crippen LogP) is 3.07. The molecule has 0 aliphatic heterocycles. The maximum atomic E-state index is 12.6. The Bertz CT molecular complexity index is 821. The molecule has 1 aromatic heterocycles. The van der Waals surface area contributed by atoms with Crippen LogP contribution in [0.2, 0.25) is 0 Å². The second-order valence-electron chi connectivity index (χ2n) is 5.93. The highest BCUT2D eigenvalue weighted by atomic mass is 32.2. The molecule has 1 heterocycles. The number of amides is 2. The minimum Gasteiger partial charge on any atom is -0.369 e. The summed E-state index contributed by atoms with van der Waals surface area (Å²) in [6.07, 6.45) is 0. The van der Waals surface area contributed by atoms with Crippen LogP contribution in [0.3, 0.4) is 0 Å². The molecule has 0 bridgehead atoms. The first kappa shape index (κ1) is 21.4. The number of benzene rings is 1. The van der Waals surface area contributed by atoms with Gasteiger partial charge in [-0.2, -0.15) is 0 Å². The number of primary amides is 1. The van der Waals surface area contributed by atoms with Gasteiger partial charge in [-0.1, -0.05) is 48.7 Å². The second kappa shape index (κ2) is 9.86. The fraction of sp³-hybridized carbons (Fsp3) is 0.353. The van der Waals surface area contributed by atoms with E-state index in [1.807, 2.05) is 13.8 Å². The molecule has 1 aromatic carbocycles. The third-order valence-corrected chi connectivity index (χ3v) is 6.60. The van der Waals surface area contributed by atoms with Crippen molar-refractivity contribution in [3.63, 3.8) is 0 Å². The zero-order valence-corrected chi connectivity index (χ0v) is 17.5. The van der Waals surface area contributed by atoms with Crippen LogP contribution in [-0.2, 0) is 9.59 Å². The summed E-state index contributed by atoms with van der Waals surface area (Å²) in [6.45, 7) is 5.44. The third kappa shape index (κ3) is 6.64. The van der Waals surface area contributed by atoms with E-state index in [4.69, 9.17) is 5.73 Å². The van der Waals surface area contributed by atoms with Gasteiger partial charge < -0.3 is 11.1 Å². The van der Waals surface area contributed by atoms with E-state index in [0.29, 0.717) is 19.9 Å². The zero-order valence-electron chi connectivity index (χ0n) is 15.1. The van der Waals surface area contributed by atoms with Crippen molar-refractivity contribution in [1.82, 2.24) is 10.2 Å². The molecule has 7 nitrogen and oxygen atoms in total. The standard InChI is InChI=1S/C17H20N4O3S3/c1-9(2)15(24)19-12-6-4-11(5-7-12)14(23)10(3)26-17-21-20-16(27-17)25-8-13(18)22/h4-7,9-10H,8H2,1-3H3,(H2,18,22)(H,19,24). The SMILES string of the molecule is CC(C)C(=O)Nc1ccc(C(=O)C(C)Sc2nnc(SCC(N)=O)s2)cc1. The largest absolute Gasteiger partial charge is 0.369 e. The fourth-order valence-electron chi connectivity index (χ4n) is 1.88. The molecule has 2 aromatic rings. The topological polar surface area (TPSA) is 115 Å². The van der Waals surface area contributed by atoms with Crippen molar-refractivity contribution >= 4 is 58.1 Å². The normalized spacial score (nSPS) is 12.0. The summed E-state index contributed by atoms with van der Waals surface area (Å²) in [5.41, 5.74) is 6.33. The summed E-state index contributed by atoms with van der Waals surface area (Å²) in [5.74, 6) is -0.489. The quantitative estimate of drug-likeness (QED) is 0.469. The van der Waals surface area contributed by atoms with Crippen molar-refractivity contribution < 1.29 is 14.4 Å². The number of aromatic nitrogens is 2. The van der Waals surface area contributed by atoms with Crippen molar-refractivity contribution in [3.05, 3.63) is 29.8 Å². The highest BCUT2D eigenvalue weighted by Crippen LogP contribution is 2.32. The van der Waals surface area contributed by atoms with Crippen LogP contribution in [0.15, 0.2) is 32.9 Å². The molecular weight excluding hydrogens is 404 g/mol. The van der Waals surface area contributed by atoms with Gasteiger partial charge in [-0.25, -0.2) is 0 Å². The molecular formula is C17H20N4O3S3. The lowest BCUT2D eigenvalue weighted by molar-refractivity contribution is -0.119. The summed E-state index contributed by atoms with van der Waals surface area (Å²) in [4.78, 5) is 35.1. The Balaban J connectivity index is 1.94. The number of hydrogen-bond donors (Lipinski definition) is 2. The molecule has 0 saturated heterocycles. The second-order valence-corrected chi connectivity index (χ2v) is 9.72. The number of rotatable bonds is 9. The van der Waals surface area contributed by atoms with Crippen LogP contribution < -0.4 is 11.1 Å². The van der Waals surface area contributed by atoms with E-state index in [2.05, 4.69) is 15.5 Å². The maximum absolute atomic E-state index is 12.6. The summed E-state index contributed by atoms with van der Waals surface area (Å²) >= 11 is 3.87. The Morgan fingerprint density at radius 3 is 2.33 bits per heavy atom. The van der Waals surface area contributed by atoms with Crippen LogP contribution >= 0.6 is 34.9 Å². The first-order chi connectivity index (χ1) is 12.8. The molecule has 2 amide bonds. The van der Waals surface area contributed by atoms with E-state index in [1.165, 1.54) is 34.9 Å². The molecule has 0 radical (unpaired) electrons. The number of nitrogens with one attached hydrogen (secondary N) is 1. The Labute approximate surface area is 169 Å². The molecule has 27 heavy (non-hydrogen) atoms. The van der Waals surface area contributed by atoms with Gasteiger partial charge in [-0.15, -0.1) is 10.2 Å². The van der Waals surface area contributed by atoms with E-state index in [-0.39, 0.29) is 28.6 Å². The highest BCUT2D eigenvalue weighted by molar-refractivity contribution is 8.04. The third-order valence-electron chi connectivity index (χ3n) is 3.33. The van der Waals surface area contributed by atoms with Gasteiger partial charge in [0.05, 0.1) is 11.0 Å². The zero-order chi connectivity index (χ0) is 20.0. The van der Waals surface area contributed by atoms with Gasteiger partial charge in [0.25, 0.3) is 0 Å². The summed E-state index contributed by atoms with van der Waals surface area (Å²) in [6, 6.07) is 6.83. The molecule has 0 aliphatic rings. The lowest BCUT2D eigenvalue weighted by Crippen LogP contribution is -2.18. The average Bonchev–Trinajstić information content (AvgIpc) is 3.07. The Kier molecular flexibility index (Phi) is 7.81. The van der Waals surface area contributed by atoms with Gasteiger partial charge in [0.2, 0.25) is 11.8 Å². The van der Waals surface area contributed by atoms with E-state index in [9.17, 15) is 14.4 Å². The number of hydrogen-bond acceptors (Lipinski definition) is 8. The Morgan fingerprint density at radius 1 is 1.11 bits per heavy atom. The van der Waals surface area contributed by atoms with Gasteiger partial charge in [-0.05, 0) is 31.2 Å². The lowest BCUT2D eigenvalue weighted by atomic mass is 10.1. The van der Waals surface area contributed by atoms with Crippen LogP contribution in [0.1, 0.15) is 31.1 Å².